The maximum absolute atomic E-state index is 11.7. The summed E-state index contributed by atoms with van der Waals surface area (Å²) in [5.74, 6) is 0.561. The SMILES string of the molecule is Cc1cnn(CCNC(=O)CCOc2ccccc2N)c1. The fraction of sp³-hybridized carbons (Fsp3) is 0.333. The average Bonchev–Trinajstić information content (AvgIpc) is 2.87. The Bertz CT molecular complexity index is 595. The van der Waals surface area contributed by atoms with Crippen LogP contribution in [0.3, 0.4) is 0 Å². The summed E-state index contributed by atoms with van der Waals surface area (Å²) in [6, 6.07) is 7.23. The summed E-state index contributed by atoms with van der Waals surface area (Å²) >= 11 is 0. The zero-order valence-electron chi connectivity index (χ0n) is 12.1. The number of aryl methyl sites for hydroxylation is 1. The zero-order chi connectivity index (χ0) is 15.1. The van der Waals surface area contributed by atoms with Crippen LogP contribution in [-0.2, 0) is 11.3 Å². The van der Waals surface area contributed by atoms with Crippen LogP contribution in [0.2, 0.25) is 0 Å². The van der Waals surface area contributed by atoms with Gasteiger partial charge in [-0.1, -0.05) is 12.1 Å². The van der Waals surface area contributed by atoms with E-state index in [0.717, 1.165) is 5.56 Å². The molecule has 6 heteroatoms. The van der Waals surface area contributed by atoms with Crippen molar-refractivity contribution in [2.24, 2.45) is 0 Å². The molecule has 0 saturated heterocycles. The highest BCUT2D eigenvalue weighted by molar-refractivity contribution is 5.75. The van der Waals surface area contributed by atoms with Crippen LogP contribution in [0.5, 0.6) is 5.75 Å². The Balaban J connectivity index is 1.63. The van der Waals surface area contributed by atoms with Crippen LogP contribution < -0.4 is 15.8 Å². The molecule has 2 aromatic rings. The van der Waals surface area contributed by atoms with Crippen LogP contribution in [0.15, 0.2) is 36.7 Å². The number of hydrogen-bond donors (Lipinski definition) is 2. The third-order valence-corrected chi connectivity index (χ3v) is 2.93. The molecule has 0 spiro atoms. The van der Waals surface area contributed by atoms with E-state index < -0.39 is 0 Å². The van der Waals surface area contributed by atoms with Crippen molar-refractivity contribution in [3.63, 3.8) is 0 Å². The molecule has 3 N–H and O–H groups in total. The van der Waals surface area contributed by atoms with E-state index >= 15 is 0 Å². The Morgan fingerprint density at radius 3 is 2.95 bits per heavy atom. The van der Waals surface area contributed by atoms with Crippen molar-refractivity contribution in [2.45, 2.75) is 19.9 Å². The predicted molar refractivity (Wildman–Crippen MR) is 80.9 cm³/mol. The molecule has 0 saturated carbocycles. The van der Waals surface area contributed by atoms with Gasteiger partial charge in [-0.15, -0.1) is 0 Å². The Labute approximate surface area is 123 Å². The topological polar surface area (TPSA) is 82.2 Å². The zero-order valence-corrected chi connectivity index (χ0v) is 12.1. The number of benzene rings is 1. The summed E-state index contributed by atoms with van der Waals surface area (Å²) in [5, 5.41) is 6.98. The number of aromatic nitrogens is 2. The smallest absolute Gasteiger partial charge is 0.223 e. The van der Waals surface area contributed by atoms with E-state index in [1.165, 1.54) is 0 Å². The van der Waals surface area contributed by atoms with Gasteiger partial charge in [0.25, 0.3) is 0 Å². The molecule has 0 atom stereocenters. The molecule has 0 aliphatic rings. The van der Waals surface area contributed by atoms with Crippen LogP contribution in [0.25, 0.3) is 0 Å². The minimum absolute atomic E-state index is 0.0478. The number of amides is 1. The molecule has 0 fully saturated rings. The molecule has 21 heavy (non-hydrogen) atoms. The van der Waals surface area contributed by atoms with Crippen molar-refractivity contribution in [1.29, 1.82) is 0 Å². The number of ether oxygens (including phenoxy) is 1. The first kappa shape index (κ1) is 14.9. The lowest BCUT2D eigenvalue weighted by molar-refractivity contribution is -0.121. The van der Waals surface area contributed by atoms with Crippen molar-refractivity contribution >= 4 is 11.6 Å². The molecule has 0 bridgehead atoms. The number of nitrogens with one attached hydrogen (secondary N) is 1. The maximum Gasteiger partial charge on any atom is 0.223 e. The van der Waals surface area contributed by atoms with E-state index in [1.807, 2.05) is 25.3 Å². The number of nitrogens with two attached hydrogens (primary N) is 1. The van der Waals surface area contributed by atoms with Gasteiger partial charge in [0, 0.05) is 12.7 Å². The highest BCUT2D eigenvalue weighted by atomic mass is 16.5. The van der Waals surface area contributed by atoms with Crippen molar-refractivity contribution in [1.82, 2.24) is 15.1 Å². The van der Waals surface area contributed by atoms with Gasteiger partial charge in [0.2, 0.25) is 5.91 Å². The van der Waals surface area contributed by atoms with Gasteiger partial charge < -0.3 is 15.8 Å². The second kappa shape index (κ2) is 7.33. The van der Waals surface area contributed by atoms with Crippen LogP contribution >= 0.6 is 0 Å². The van der Waals surface area contributed by atoms with Crippen LogP contribution in [0.4, 0.5) is 5.69 Å². The quantitative estimate of drug-likeness (QED) is 0.754. The Kier molecular flexibility index (Phi) is 5.20. The Morgan fingerprint density at radius 2 is 2.24 bits per heavy atom. The van der Waals surface area contributed by atoms with Crippen LogP contribution in [-0.4, -0.2) is 28.8 Å². The number of carbonyl (C=O) groups is 1. The number of para-hydroxylation sites is 2. The number of anilines is 1. The van der Waals surface area contributed by atoms with Crippen molar-refractivity contribution in [3.8, 4) is 5.75 Å². The van der Waals surface area contributed by atoms with Gasteiger partial charge in [0.1, 0.15) is 5.75 Å². The summed E-state index contributed by atoms with van der Waals surface area (Å²) in [7, 11) is 0. The van der Waals surface area contributed by atoms with E-state index in [2.05, 4.69) is 10.4 Å². The molecular weight excluding hydrogens is 268 g/mol. The normalized spacial score (nSPS) is 10.3. The Hall–Kier alpha value is -2.50. The van der Waals surface area contributed by atoms with Crippen LogP contribution in [0.1, 0.15) is 12.0 Å². The molecule has 1 amide bonds. The monoisotopic (exact) mass is 288 g/mol. The molecule has 6 nitrogen and oxygen atoms in total. The summed E-state index contributed by atoms with van der Waals surface area (Å²) in [6.07, 6.45) is 4.03. The molecule has 0 aliphatic heterocycles. The fourth-order valence-electron chi connectivity index (χ4n) is 1.85. The molecule has 0 unspecified atom stereocenters. The van der Waals surface area contributed by atoms with Gasteiger partial charge >= 0.3 is 0 Å². The molecule has 1 heterocycles. The summed E-state index contributed by atoms with van der Waals surface area (Å²) in [6.45, 7) is 3.50. The lowest BCUT2D eigenvalue weighted by atomic mass is 10.3. The molecule has 1 aromatic heterocycles. The highest BCUT2D eigenvalue weighted by Gasteiger charge is 2.03. The molecule has 0 aliphatic carbocycles. The predicted octanol–water partition coefficient (Wildman–Crippen LogP) is 1.36. The second-order valence-corrected chi connectivity index (χ2v) is 4.77. The number of nitrogen functional groups attached to an aromatic ring is 1. The lowest BCUT2D eigenvalue weighted by Crippen LogP contribution is -2.28. The fourth-order valence-corrected chi connectivity index (χ4v) is 1.85. The van der Waals surface area contributed by atoms with Crippen molar-refractivity contribution in [2.75, 3.05) is 18.9 Å². The van der Waals surface area contributed by atoms with E-state index in [-0.39, 0.29) is 5.91 Å². The lowest BCUT2D eigenvalue weighted by Gasteiger charge is -2.09. The highest BCUT2D eigenvalue weighted by Crippen LogP contribution is 2.19. The van der Waals surface area contributed by atoms with Gasteiger partial charge in [-0.3, -0.25) is 9.48 Å². The molecule has 1 aromatic carbocycles. The first-order chi connectivity index (χ1) is 10.1. The van der Waals surface area contributed by atoms with Crippen molar-refractivity contribution in [3.05, 3.63) is 42.2 Å². The van der Waals surface area contributed by atoms with E-state index in [1.54, 1.807) is 23.0 Å². The standard InChI is InChI=1S/C15H20N4O2/c1-12-10-18-19(11-12)8-7-17-15(20)6-9-21-14-5-3-2-4-13(14)16/h2-5,10-11H,6-9,16H2,1H3,(H,17,20). The number of hydrogen-bond acceptors (Lipinski definition) is 4. The van der Waals surface area contributed by atoms with Crippen LogP contribution in [0, 0.1) is 6.92 Å². The molecular formula is C15H20N4O2. The molecule has 2 rings (SSSR count). The first-order valence-electron chi connectivity index (χ1n) is 6.88. The van der Waals surface area contributed by atoms with Gasteiger partial charge in [-0.05, 0) is 24.6 Å². The molecule has 0 radical (unpaired) electrons. The molecule has 112 valence electrons. The summed E-state index contributed by atoms with van der Waals surface area (Å²) < 4.78 is 7.27. The maximum atomic E-state index is 11.7. The average molecular weight is 288 g/mol. The van der Waals surface area contributed by atoms with Gasteiger partial charge in [0.15, 0.2) is 0 Å². The number of nitrogens with zero attached hydrogens (tertiary/aromatic N) is 2. The van der Waals surface area contributed by atoms with Crippen molar-refractivity contribution < 1.29 is 9.53 Å². The van der Waals surface area contributed by atoms with Gasteiger partial charge in [0.05, 0.1) is 31.5 Å². The first-order valence-corrected chi connectivity index (χ1v) is 6.88. The second-order valence-electron chi connectivity index (χ2n) is 4.77. The summed E-state index contributed by atoms with van der Waals surface area (Å²) in [5.41, 5.74) is 7.43. The van der Waals surface area contributed by atoms with Gasteiger partial charge in [-0.2, -0.15) is 5.10 Å². The van der Waals surface area contributed by atoms with E-state index in [9.17, 15) is 4.79 Å². The number of carbonyl (C=O) groups excluding carboxylic acids is 1. The Morgan fingerprint density at radius 1 is 1.43 bits per heavy atom. The number of rotatable bonds is 7. The largest absolute Gasteiger partial charge is 0.491 e. The summed E-state index contributed by atoms with van der Waals surface area (Å²) in [4.78, 5) is 11.7. The minimum atomic E-state index is -0.0478. The van der Waals surface area contributed by atoms with Gasteiger partial charge in [-0.25, -0.2) is 0 Å². The van der Waals surface area contributed by atoms with E-state index in [4.69, 9.17) is 10.5 Å². The third-order valence-electron chi connectivity index (χ3n) is 2.93. The minimum Gasteiger partial charge on any atom is -0.491 e. The van der Waals surface area contributed by atoms with E-state index in [0.29, 0.717) is 37.6 Å². The third kappa shape index (κ3) is 4.83.